The number of carbonyl (C=O) groups excluding carboxylic acids is 2. The first-order chi connectivity index (χ1) is 29.0. The second-order valence-corrected chi connectivity index (χ2v) is 16.5. The number of amides is 1. The number of unbranched alkanes of at least 4 members (excludes halogenated alkanes) is 21. The zero-order valence-electron chi connectivity index (χ0n) is 38.6. The maximum atomic E-state index is 13.1. The third kappa shape index (κ3) is 41.8. The Hall–Kier alpha value is -2.70. The zero-order chi connectivity index (χ0) is 43.1. The normalized spacial score (nSPS) is 13.9. The summed E-state index contributed by atoms with van der Waals surface area (Å²) in [5, 5.41) is 23.6. The maximum Gasteiger partial charge on any atom is 0.306 e. The summed E-state index contributed by atoms with van der Waals surface area (Å²) in [6, 6.07) is -0.741. The van der Waals surface area contributed by atoms with Crippen LogP contribution in [0.5, 0.6) is 0 Å². The van der Waals surface area contributed by atoms with Crippen LogP contribution in [0, 0.1) is 0 Å². The standard InChI is InChI=1S/C53H93NO5/c1-4-7-10-13-16-19-22-24-25-26-28-31-34-37-40-43-46-53(58)59-49(44-41-38-35-32-29-21-18-15-12-9-6-3)47-52(57)54-50(48-55)51(56)45-42-39-36-33-30-27-23-20-17-14-11-8-5-2/h7,10,16,19,24-25,28,31-32,35,41,44,49-51,55-56H,4-6,8-9,11-15,17-18,20-23,26-27,29-30,33-34,36-40,42-43,45-48H2,1-3H3,(H,54,57)/b10-7+,19-16+,25-24+,31-28+,35-32-,44-41+. The van der Waals surface area contributed by atoms with E-state index in [0.717, 1.165) is 77.0 Å². The van der Waals surface area contributed by atoms with Crippen LogP contribution in [-0.4, -0.2) is 46.9 Å². The lowest BCUT2D eigenvalue weighted by molar-refractivity contribution is -0.148. The summed E-state index contributed by atoms with van der Waals surface area (Å²) >= 11 is 0. The number of esters is 1. The number of nitrogens with one attached hydrogen (secondary N) is 1. The first kappa shape index (κ1) is 56.3. The smallest absolute Gasteiger partial charge is 0.306 e. The van der Waals surface area contributed by atoms with Gasteiger partial charge in [-0.2, -0.15) is 0 Å². The quantitative estimate of drug-likeness (QED) is 0.0323. The van der Waals surface area contributed by atoms with E-state index in [1.54, 1.807) is 0 Å². The van der Waals surface area contributed by atoms with Gasteiger partial charge in [0.05, 0.1) is 25.2 Å². The van der Waals surface area contributed by atoms with E-state index in [9.17, 15) is 19.8 Å². The topological polar surface area (TPSA) is 95.9 Å². The van der Waals surface area contributed by atoms with Gasteiger partial charge in [-0.1, -0.05) is 210 Å². The molecule has 0 bridgehead atoms. The van der Waals surface area contributed by atoms with Crippen molar-refractivity contribution in [3.05, 3.63) is 72.9 Å². The minimum absolute atomic E-state index is 0.0441. The van der Waals surface area contributed by atoms with Crippen molar-refractivity contribution in [2.45, 2.75) is 244 Å². The molecule has 340 valence electrons. The molecule has 0 aliphatic rings. The van der Waals surface area contributed by atoms with Crippen molar-refractivity contribution in [2.24, 2.45) is 0 Å². The van der Waals surface area contributed by atoms with Gasteiger partial charge in [0.1, 0.15) is 6.10 Å². The first-order valence-corrected chi connectivity index (χ1v) is 24.7. The Labute approximate surface area is 364 Å². The molecule has 0 aliphatic carbocycles. The molecule has 0 radical (unpaired) electrons. The molecule has 0 saturated carbocycles. The van der Waals surface area contributed by atoms with Crippen LogP contribution in [0.1, 0.15) is 226 Å². The number of aliphatic hydroxyl groups is 2. The van der Waals surface area contributed by atoms with Crippen molar-refractivity contribution < 1.29 is 24.5 Å². The van der Waals surface area contributed by atoms with Gasteiger partial charge in [0.15, 0.2) is 0 Å². The van der Waals surface area contributed by atoms with Gasteiger partial charge in [-0.25, -0.2) is 0 Å². The van der Waals surface area contributed by atoms with Crippen LogP contribution in [0.2, 0.25) is 0 Å². The van der Waals surface area contributed by atoms with Crippen molar-refractivity contribution in [3.63, 3.8) is 0 Å². The van der Waals surface area contributed by atoms with E-state index >= 15 is 0 Å². The monoisotopic (exact) mass is 824 g/mol. The lowest BCUT2D eigenvalue weighted by Crippen LogP contribution is -2.46. The number of allylic oxidation sites excluding steroid dienone is 11. The maximum absolute atomic E-state index is 13.1. The number of aliphatic hydroxyl groups excluding tert-OH is 2. The van der Waals surface area contributed by atoms with Gasteiger partial charge in [-0.05, 0) is 76.7 Å². The molecule has 0 aromatic rings. The Bertz CT molecular complexity index is 1110. The van der Waals surface area contributed by atoms with E-state index in [2.05, 4.69) is 86.8 Å². The average Bonchev–Trinajstić information content (AvgIpc) is 3.23. The fraction of sp³-hybridized carbons (Fsp3) is 0.736. The SMILES string of the molecule is CC/C=C/C/C=C/C/C=C/C/C=C/CCCCCC(=O)OC(/C=C/C/C=C\CCCCCCCC)CC(=O)NC(CO)C(O)CCCCCCCCCCCCCCC. The Morgan fingerprint density at radius 3 is 1.44 bits per heavy atom. The first-order valence-electron chi connectivity index (χ1n) is 24.7. The van der Waals surface area contributed by atoms with E-state index in [1.807, 2.05) is 12.2 Å². The molecule has 0 saturated heterocycles. The van der Waals surface area contributed by atoms with Crippen molar-refractivity contribution in [2.75, 3.05) is 6.61 Å². The van der Waals surface area contributed by atoms with Gasteiger partial charge < -0.3 is 20.3 Å². The Morgan fingerprint density at radius 1 is 0.525 bits per heavy atom. The number of ether oxygens (including phenoxy) is 1. The fourth-order valence-corrected chi connectivity index (χ4v) is 7.03. The second-order valence-electron chi connectivity index (χ2n) is 16.5. The molecular weight excluding hydrogens is 731 g/mol. The van der Waals surface area contributed by atoms with Crippen LogP contribution in [0.25, 0.3) is 0 Å². The molecule has 3 unspecified atom stereocenters. The molecular formula is C53H93NO5. The van der Waals surface area contributed by atoms with Crippen molar-refractivity contribution in [1.29, 1.82) is 0 Å². The van der Waals surface area contributed by atoms with Crippen molar-refractivity contribution in [1.82, 2.24) is 5.32 Å². The molecule has 3 atom stereocenters. The number of hydrogen-bond donors (Lipinski definition) is 3. The molecule has 1 amide bonds. The highest BCUT2D eigenvalue weighted by Crippen LogP contribution is 2.15. The van der Waals surface area contributed by atoms with Crippen LogP contribution >= 0.6 is 0 Å². The van der Waals surface area contributed by atoms with E-state index in [1.165, 1.54) is 103 Å². The van der Waals surface area contributed by atoms with Gasteiger partial charge in [-0.3, -0.25) is 9.59 Å². The Balaban J connectivity index is 4.69. The van der Waals surface area contributed by atoms with E-state index in [4.69, 9.17) is 4.74 Å². The van der Waals surface area contributed by atoms with Gasteiger partial charge in [0.25, 0.3) is 0 Å². The summed E-state index contributed by atoms with van der Waals surface area (Å²) in [4.78, 5) is 26.0. The van der Waals surface area contributed by atoms with E-state index in [0.29, 0.717) is 19.3 Å². The molecule has 0 aliphatic heterocycles. The van der Waals surface area contributed by atoms with Gasteiger partial charge in [-0.15, -0.1) is 0 Å². The number of hydrogen-bond acceptors (Lipinski definition) is 5. The summed E-state index contributed by atoms with van der Waals surface area (Å²) in [7, 11) is 0. The predicted octanol–water partition coefficient (Wildman–Crippen LogP) is 14.6. The summed E-state index contributed by atoms with van der Waals surface area (Å²) in [5.74, 6) is -0.643. The van der Waals surface area contributed by atoms with Crippen molar-refractivity contribution >= 4 is 11.9 Å². The lowest BCUT2D eigenvalue weighted by atomic mass is 10.0. The van der Waals surface area contributed by atoms with Gasteiger partial charge in [0.2, 0.25) is 5.91 Å². The zero-order valence-corrected chi connectivity index (χ0v) is 38.6. The summed E-state index contributed by atoms with van der Waals surface area (Å²) in [6.45, 7) is 6.31. The molecule has 6 nitrogen and oxygen atoms in total. The minimum atomic E-state index is -0.818. The fourth-order valence-electron chi connectivity index (χ4n) is 7.03. The lowest BCUT2D eigenvalue weighted by Gasteiger charge is -2.23. The van der Waals surface area contributed by atoms with Gasteiger partial charge >= 0.3 is 5.97 Å². The molecule has 3 N–H and O–H groups in total. The van der Waals surface area contributed by atoms with Crippen LogP contribution in [0.15, 0.2) is 72.9 Å². The largest absolute Gasteiger partial charge is 0.458 e. The highest BCUT2D eigenvalue weighted by Gasteiger charge is 2.23. The minimum Gasteiger partial charge on any atom is -0.458 e. The van der Waals surface area contributed by atoms with Crippen LogP contribution < -0.4 is 5.32 Å². The van der Waals surface area contributed by atoms with Gasteiger partial charge in [0, 0.05) is 6.42 Å². The summed E-state index contributed by atoms with van der Waals surface area (Å²) in [6.07, 6.45) is 58.5. The Morgan fingerprint density at radius 2 is 0.949 bits per heavy atom. The predicted molar refractivity (Wildman–Crippen MR) is 255 cm³/mol. The molecule has 0 fully saturated rings. The molecule has 0 rings (SSSR count). The van der Waals surface area contributed by atoms with Crippen LogP contribution in [0.4, 0.5) is 0 Å². The number of rotatable bonds is 43. The average molecular weight is 824 g/mol. The molecule has 0 heterocycles. The van der Waals surface area contributed by atoms with Crippen LogP contribution in [-0.2, 0) is 14.3 Å². The highest BCUT2D eigenvalue weighted by atomic mass is 16.5. The third-order valence-electron chi connectivity index (χ3n) is 10.8. The molecule has 59 heavy (non-hydrogen) atoms. The van der Waals surface area contributed by atoms with E-state index in [-0.39, 0.29) is 24.9 Å². The molecule has 0 spiro atoms. The molecule has 0 aromatic heterocycles. The number of carbonyl (C=O) groups is 2. The van der Waals surface area contributed by atoms with Crippen LogP contribution in [0.3, 0.4) is 0 Å². The molecule has 0 aromatic carbocycles. The van der Waals surface area contributed by atoms with E-state index < -0.39 is 18.2 Å². The second kappa shape index (κ2) is 46.4. The summed E-state index contributed by atoms with van der Waals surface area (Å²) in [5.41, 5.74) is 0. The Kier molecular flexibility index (Phi) is 44.2. The summed E-state index contributed by atoms with van der Waals surface area (Å²) < 4.78 is 5.80. The third-order valence-corrected chi connectivity index (χ3v) is 10.8. The van der Waals surface area contributed by atoms with Crippen molar-refractivity contribution in [3.8, 4) is 0 Å². The molecule has 6 heteroatoms. The highest BCUT2D eigenvalue weighted by molar-refractivity contribution is 5.78.